The van der Waals surface area contributed by atoms with Crippen LogP contribution in [-0.2, 0) is 6.54 Å². The normalized spacial score (nSPS) is 9.65. The molecule has 0 aromatic heterocycles. The van der Waals surface area contributed by atoms with Gasteiger partial charge in [0, 0.05) is 12.2 Å². The van der Waals surface area contributed by atoms with Crippen LogP contribution < -0.4 is 5.32 Å². The summed E-state index contributed by atoms with van der Waals surface area (Å²) >= 11 is 0. The minimum atomic E-state index is -0.232. The van der Waals surface area contributed by atoms with Gasteiger partial charge in [-0.15, -0.1) is 0 Å². The van der Waals surface area contributed by atoms with E-state index in [0.717, 1.165) is 11.3 Å². The quantitative estimate of drug-likeness (QED) is 0.871. The number of benzene rings is 2. The van der Waals surface area contributed by atoms with Crippen LogP contribution in [0.3, 0.4) is 0 Å². The molecule has 84 valence electrons. The number of hydrogen-bond acceptors (Lipinski definition) is 2. The van der Waals surface area contributed by atoms with Crippen LogP contribution in [0.2, 0.25) is 0 Å². The molecule has 0 aliphatic carbocycles. The minimum absolute atomic E-state index is 0.232. The average Bonchev–Trinajstić information content (AvgIpc) is 2.37. The highest BCUT2D eigenvalue weighted by atomic mass is 19.1. The Morgan fingerprint density at radius 2 is 1.88 bits per heavy atom. The lowest BCUT2D eigenvalue weighted by Crippen LogP contribution is -1.99. The summed E-state index contributed by atoms with van der Waals surface area (Å²) in [6, 6.07) is 15.7. The first kappa shape index (κ1) is 11.2. The number of nitrogens with one attached hydrogen (secondary N) is 1. The molecule has 0 fully saturated rings. The van der Waals surface area contributed by atoms with Crippen LogP contribution in [0.4, 0.5) is 10.1 Å². The molecular formula is C14H11FN2. The lowest BCUT2D eigenvalue weighted by molar-refractivity contribution is 0.626. The molecule has 0 saturated carbocycles. The van der Waals surface area contributed by atoms with E-state index in [0.29, 0.717) is 12.1 Å². The lowest BCUT2D eigenvalue weighted by Gasteiger charge is -2.06. The smallest absolute Gasteiger partial charge is 0.123 e. The van der Waals surface area contributed by atoms with Crippen molar-refractivity contribution in [1.29, 1.82) is 5.26 Å². The van der Waals surface area contributed by atoms with Gasteiger partial charge in [-0.3, -0.25) is 0 Å². The first-order chi connectivity index (χ1) is 8.28. The third-order valence-corrected chi connectivity index (χ3v) is 2.40. The topological polar surface area (TPSA) is 35.8 Å². The molecule has 2 aromatic carbocycles. The van der Waals surface area contributed by atoms with E-state index in [-0.39, 0.29) is 5.82 Å². The molecule has 0 spiro atoms. The van der Waals surface area contributed by atoms with Crippen LogP contribution in [0.5, 0.6) is 0 Å². The number of halogens is 1. The maximum absolute atomic E-state index is 12.9. The van der Waals surface area contributed by atoms with E-state index in [1.165, 1.54) is 12.1 Å². The summed E-state index contributed by atoms with van der Waals surface area (Å²) in [5.41, 5.74) is 2.42. The van der Waals surface area contributed by atoms with Gasteiger partial charge < -0.3 is 5.32 Å². The Bertz CT molecular complexity index is 541. The highest BCUT2D eigenvalue weighted by Crippen LogP contribution is 2.11. The van der Waals surface area contributed by atoms with Crippen molar-refractivity contribution in [3.05, 3.63) is 65.5 Å². The molecule has 0 aliphatic rings. The van der Waals surface area contributed by atoms with Gasteiger partial charge in [0.25, 0.3) is 0 Å². The van der Waals surface area contributed by atoms with Gasteiger partial charge in [-0.1, -0.05) is 12.1 Å². The van der Waals surface area contributed by atoms with Crippen LogP contribution in [0, 0.1) is 17.1 Å². The summed E-state index contributed by atoms with van der Waals surface area (Å²) in [6.07, 6.45) is 0. The minimum Gasteiger partial charge on any atom is -0.381 e. The van der Waals surface area contributed by atoms with Crippen LogP contribution in [0.25, 0.3) is 0 Å². The van der Waals surface area contributed by atoms with Crippen molar-refractivity contribution >= 4 is 5.69 Å². The summed E-state index contributed by atoms with van der Waals surface area (Å²) < 4.78 is 12.9. The maximum Gasteiger partial charge on any atom is 0.123 e. The fraction of sp³-hybridized carbons (Fsp3) is 0.0714. The second-order valence-corrected chi connectivity index (χ2v) is 3.67. The first-order valence-electron chi connectivity index (χ1n) is 5.26. The number of rotatable bonds is 3. The van der Waals surface area contributed by atoms with Gasteiger partial charge in [0.05, 0.1) is 11.6 Å². The third-order valence-electron chi connectivity index (χ3n) is 2.40. The standard InChI is InChI=1S/C14H11FN2/c15-13-3-1-2-12(8-13)10-17-14-6-4-11(9-16)5-7-14/h1-8,17H,10H2. The van der Waals surface area contributed by atoms with Crippen molar-refractivity contribution in [1.82, 2.24) is 0 Å². The second-order valence-electron chi connectivity index (χ2n) is 3.67. The first-order valence-corrected chi connectivity index (χ1v) is 5.26. The van der Waals surface area contributed by atoms with Gasteiger partial charge in [-0.25, -0.2) is 4.39 Å². The van der Waals surface area contributed by atoms with Crippen LogP contribution in [0.1, 0.15) is 11.1 Å². The van der Waals surface area contributed by atoms with E-state index < -0.39 is 0 Å². The predicted molar refractivity (Wildman–Crippen MR) is 64.9 cm³/mol. The van der Waals surface area contributed by atoms with E-state index in [9.17, 15) is 4.39 Å². The Hall–Kier alpha value is -2.34. The molecule has 0 heterocycles. The van der Waals surface area contributed by atoms with Crippen molar-refractivity contribution in [2.75, 3.05) is 5.32 Å². The molecule has 1 N–H and O–H groups in total. The molecular weight excluding hydrogens is 215 g/mol. The van der Waals surface area contributed by atoms with Gasteiger partial charge in [-0.05, 0) is 42.0 Å². The van der Waals surface area contributed by atoms with Gasteiger partial charge in [0.1, 0.15) is 5.82 Å². The Balaban J connectivity index is 2.00. The van der Waals surface area contributed by atoms with Gasteiger partial charge in [-0.2, -0.15) is 5.26 Å². The summed E-state index contributed by atoms with van der Waals surface area (Å²) in [6.45, 7) is 0.559. The largest absolute Gasteiger partial charge is 0.381 e. The van der Waals surface area contributed by atoms with Crippen LogP contribution in [0.15, 0.2) is 48.5 Å². The van der Waals surface area contributed by atoms with E-state index in [4.69, 9.17) is 5.26 Å². The average molecular weight is 226 g/mol. The Morgan fingerprint density at radius 3 is 2.53 bits per heavy atom. The van der Waals surface area contributed by atoms with Crippen molar-refractivity contribution in [3.8, 4) is 6.07 Å². The highest BCUT2D eigenvalue weighted by molar-refractivity contribution is 5.47. The SMILES string of the molecule is N#Cc1ccc(NCc2cccc(F)c2)cc1. The molecule has 0 radical (unpaired) electrons. The third kappa shape index (κ3) is 3.05. The fourth-order valence-corrected chi connectivity index (χ4v) is 1.51. The van der Waals surface area contributed by atoms with E-state index in [2.05, 4.69) is 11.4 Å². The van der Waals surface area contributed by atoms with Crippen molar-refractivity contribution < 1.29 is 4.39 Å². The molecule has 17 heavy (non-hydrogen) atoms. The van der Waals surface area contributed by atoms with E-state index >= 15 is 0 Å². The molecule has 0 bridgehead atoms. The van der Waals surface area contributed by atoms with E-state index in [1.54, 1.807) is 18.2 Å². The molecule has 2 aromatic rings. The van der Waals surface area contributed by atoms with Crippen LogP contribution in [-0.4, -0.2) is 0 Å². The zero-order chi connectivity index (χ0) is 12.1. The van der Waals surface area contributed by atoms with Gasteiger partial charge in [0.2, 0.25) is 0 Å². The Labute approximate surface area is 99.3 Å². The van der Waals surface area contributed by atoms with Crippen molar-refractivity contribution in [2.45, 2.75) is 6.54 Å². The summed E-state index contributed by atoms with van der Waals surface area (Å²) in [7, 11) is 0. The van der Waals surface area contributed by atoms with Crippen molar-refractivity contribution in [3.63, 3.8) is 0 Å². The molecule has 0 saturated heterocycles. The molecule has 3 heteroatoms. The highest BCUT2D eigenvalue weighted by Gasteiger charge is 1.96. The number of nitrogens with zero attached hydrogens (tertiary/aromatic N) is 1. The predicted octanol–water partition coefficient (Wildman–Crippen LogP) is 3.31. The maximum atomic E-state index is 12.9. The monoisotopic (exact) mass is 226 g/mol. The van der Waals surface area contributed by atoms with E-state index in [1.807, 2.05) is 18.2 Å². The lowest BCUT2D eigenvalue weighted by atomic mass is 10.2. The summed E-state index contributed by atoms with van der Waals surface area (Å²) in [5, 5.41) is 11.8. The molecule has 0 amide bonds. The van der Waals surface area contributed by atoms with Crippen molar-refractivity contribution in [2.24, 2.45) is 0 Å². The molecule has 2 rings (SSSR count). The molecule has 2 nitrogen and oxygen atoms in total. The second kappa shape index (κ2) is 5.13. The van der Waals surface area contributed by atoms with Gasteiger partial charge in [0.15, 0.2) is 0 Å². The molecule has 0 atom stereocenters. The fourth-order valence-electron chi connectivity index (χ4n) is 1.51. The molecule has 0 unspecified atom stereocenters. The zero-order valence-electron chi connectivity index (χ0n) is 9.15. The van der Waals surface area contributed by atoms with Gasteiger partial charge >= 0.3 is 0 Å². The number of hydrogen-bond donors (Lipinski definition) is 1. The Kier molecular flexibility index (Phi) is 3.37. The van der Waals surface area contributed by atoms with Crippen LogP contribution >= 0.6 is 0 Å². The Morgan fingerprint density at radius 1 is 1.12 bits per heavy atom. The number of nitriles is 1. The summed E-state index contributed by atoms with van der Waals surface area (Å²) in [5.74, 6) is -0.232. The summed E-state index contributed by atoms with van der Waals surface area (Å²) in [4.78, 5) is 0. The molecule has 0 aliphatic heterocycles. The number of anilines is 1. The zero-order valence-corrected chi connectivity index (χ0v) is 9.15.